The van der Waals surface area contributed by atoms with Gasteiger partial charge in [0.2, 0.25) is 0 Å². The topological polar surface area (TPSA) is 38.9 Å². The van der Waals surface area contributed by atoms with Crippen molar-refractivity contribution in [1.82, 2.24) is 4.98 Å². The lowest BCUT2D eigenvalue weighted by molar-refractivity contribution is 0.568. The fourth-order valence-corrected chi connectivity index (χ4v) is 3.45. The van der Waals surface area contributed by atoms with Crippen molar-refractivity contribution in [3.05, 3.63) is 71.8 Å². The molecule has 33 heavy (non-hydrogen) atoms. The van der Waals surface area contributed by atoms with Crippen LogP contribution in [0.3, 0.4) is 0 Å². The van der Waals surface area contributed by atoms with Crippen molar-refractivity contribution >= 4 is 23.5 Å². The monoisotopic (exact) mass is 466 g/mol. The van der Waals surface area contributed by atoms with Crippen molar-refractivity contribution in [2.45, 2.75) is 86.1 Å². The van der Waals surface area contributed by atoms with Crippen LogP contribution in [0.2, 0.25) is 0 Å². The molecule has 0 bridgehead atoms. The Morgan fingerprint density at radius 3 is 2.12 bits per heavy atom. The molecule has 3 rings (SSSR count). The molecule has 0 aliphatic heterocycles. The van der Waals surface area contributed by atoms with Crippen LogP contribution in [0.5, 0.6) is 0 Å². The number of unbranched alkanes of at least 4 members (excludes halogenated alkanes) is 1. The first kappa shape index (κ1) is 30.9. The molecule has 1 heterocycles. The van der Waals surface area contributed by atoms with Gasteiger partial charge in [0.05, 0.1) is 11.2 Å². The molecule has 0 amide bonds. The maximum atomic E-state index is 6.72. The molecule has 182 valence electrons. The summed E-state index contributed by atoms with van der Waals surface area (Å²) in [7, 11) is 0. The molecule has 0 saturated carbocycles. The number of benzene rings is 2. The summed E-state index contributed by atoms with van der Waals surface area (Å²) in [5.74, 6) is 0.260. The maximum absolute atomic E-state index is 6.72. The Hall–Kier alpha value is -2.10. The van der Waals surface area contributed by atoms with Gasteiger partial charge in [0, 0.05) is 21.9 Å². The van der Waals surface area contributed by atoms with Crippen LogP contribution in [0.4, 0.5) is 0 Å². The van der Waals surface area contributed by atoms with E-state index < -0.39 is 0 Å². The van der Waals surface area contributed by atoms with E-state index in [0.717, 1.165) is 45.5 Å². The zero-order valence-electron chi connectivity index (χ0n) is 22.3. The van der Waals surface area contributed by atoms with Crippen LogP contribution in [0, 0.1) is 12.8 Å². The summed E-state index contributed by atoms with van der Waals surface area (Å²) in [4.78, 5) is 5.84. The summed E-state index contributed by atoms with van der Waals surface area (Å²) in [6.45, 7) is 18.5. The van der Waals surface area contributed by atoms with E-state index in [0.29, 0.717) is 0 Å². The van der Waals surface area contributed by atoms with Gasteiger partial charge in [-0.3, -0.25) is 0 Å². The Morgan fingerprint density at radius 1 is 0.939 bits per heavy atom. The largest absolute Gasteiger partial charge is 0.323 e. The van der Waals surface area contributed by atoms with E-state index in [1.165, 1.54) is 5.56 Å². The van der Waals surface area contributed by atoms with Gasteiger partial charge >= 0.3 is 0 Å². The highest BCUT2D eigenvalue weighted by atomic mass is 32.1. The van der Waals surface area contributed by atoms with E-state index in [1.54, 1.807) is 0 Å². The van der Waals surface area contributed by atoms with Crippen LogP contribution >= 0.6 is 12.6 Å². The van der Waals surface area contributed by atoms with Gasteiger partial charge in [-0.25, -0.2) is 4.98 Å². The van der Waals surface area contributed by atoms with Crippen molar-refractivity contribution in [1.29, 1.82) is 0 Å². The molecule has 2 unspecified atom stereocenters. The zero-order chi connectivity index (χ0) is 25.4. The van der Waals surface area contributed by atoms with Gasteiger partial charge in [0.25, 0.3) is 0 Å². The number of pyridine rings is 1. The molecule has 0 spiro atoms. The molecule has 0 saturated heterocycles. The smallest absolute Gasteiger partial charge is 0.0713 e. The van der Waals surface area contributed by atoms with Crippen molar-refractivity contribution in [3.63, 3.8) is 0 Å². The van der Waals surface area contributed by atoms with Gasteiger partial charge in [-0.1, -0.05) is 97.7 Å². The molecule has 3 aromatic rings. The van der Waals surface area contributed by atoms with Crippen molar-refractivity contribution in [2.75, 3.05) is 0 Å². The minimum atomic E-state index is -0.0756. The highest BCUT2D eigenvalue weighted by molar-refractivity contribution is 7.80. The SMILES string of the molecule is CC.CC.CC.CCC/C=C\C(C)C(N)c1cc(-c2ccc(S)cc2)nc2ccc(C)cc12. The number of rotatable bonds is 6. The summed E-state index contributed by atoms with van der Waals surface area (Å²) >= 11 is 4.39. The van der Waals surface area contributed by atoms with Gasteiger partial charge in [-0.2, -0.15) is 0 Å². The molecule has 2 nitrogen and oxygen atoms in total. The van der Waals surface area contributed by atoms with Gasteiger partial charge in [0.1, 0.15) is 0 Å². The van der Waals surface area contributed by atoms with Gasteiger partial charge in [0.15, 0.2) is 0 Å². The highest BCUT2D eigenvalue weighted by Gasteiger charge is 2.18. The number of aryl methyl sites for hydroxylation is 1. The molecule has 2 aromatic carbocycles. The normalized spacial score (nSPS) is 12.0. The van der Waals surface area contributed by atoms with Crippen molar-refractivity contribution in [3.8, 4) is 11.3 Å². The van der Waals surface area contributed by atoms with Crippen LogP contribution in [-0.4, -0.2) is 4.98 Å². The van der Waals surface area contributed by atoms with E-state index in [-0.39, 0.29) is 12.0 Å². The maximum Gasteiger partial charge on any atom is 0.0713 e. The Bertz CT molecular complexity index is 945. The quantitative estimate of drug-likeness (QED) is 0.280. The van der Waals surface area contributed by atoms with Crippen LogP contribution < -0.4 is 5.73 Å². The third kappa shape index (κ3) is 9.35. The molecule has 0 fully saturated rings. The number of nitrogens with two attached hydrogens (primary N) is 1. The fraction of sp³-hybridized carbons (Fsp3) is 0.433. The van der Waals surface area contributed by atoms with Crippen LogP contribution in [0.15, 0.2) is 65.6 Å². The molecule has 0 aliphatic rings. The molecule has 2 atom stereocenters. The Balaban J connectivity index is 0.00000158. The lowest BCUT2D eigenvalue weighted by Crippen LogP contribution is -2.18. The summed E-state index contributed by atoms with van der Waals surface area (Å²) in [5.41, 5.74) is 12.1. The number of nitrogens with zero attached hydrogens (tertiary/aromatic N) is 1. The molecule has 0 aliphatic carbocycles. The molecular formula is C30H46N2S. The van der Waals surface area contributed by atoms with Crippen LogP contribution in [0.1, 0.15) is 85.4 Å². The third-order valence-electron chi connectivity index (χ3n) is 4.98. The average Bonchev–Trinajstić information content (AvgIpc) is 2.87. The standard InChI is InChI=1S/C24H28N2S.3C2H6/c1-4-5-6-7-17(3)24(25)21-15-23(18-9-11-19(27)12-10-18)26-22-13-8-16(2)14-20(21)22;3*1-2/h6-15,17,24,27H,4-5,25H2,1-3H3;3*1-2H3/b7-6-;;;. The molecule has 1 aromatic heterocycles. The van der Waals surface area contributed by atoms with E-state index in [9.17, 15) is 0 Å². The Kier molecular flexibility index (Phi) is 16.3. The molecule has 2 N–H and O–H groups in total. The second-order valence-electron chi connectivity index (χ2n) is 7.27. The predicted molar refractivity (Wildman–Crippen MR) is 153 cm³/mol. The number of thiol groups is 1. The summed E-state index contributed by atoms with van der Waals surface area (Å²) in [6.07, 6.45) is 6.73. The lowest BCUT2D eigenvalue weighted by atomic mass is 9.90. The minimum absolute atomic E-state index is 0.0756. The number of fused-ring (bicyclic) bond motifs is 1. The van der Waals surface area contributed by atoms with E-state index >= 15 is 0 Å². The van der Waals surface area contributed by atoms with Crippen LogP contribution in [-0.2, 0) is 0 Å². The van der Waals surface area contributed by atoms with Crippen molar-refractivity contribution in [2.24, 2.45) is 11.7 Å². The summed E-state index contributed by atoms with van der Waals surface area (Å²) in [6, 6.07) is 16.6. The zero-order valence-corrected chi connectivity index (χ0v) is 23.2. The average molecular weight is 467 g/mol. The van der Waals surface area contributed by atoms with Gasteiger partial charge in [-0.05, 0) is 55.2 Å². The van der Waals surface area contributed by atoms with Crippen molar-refractivity contribution < 1.29 is 0 Å². The molecular weight excluding hydrogens is 420 g/mol. The van der Waals surface area contributed by atoms with E-state index in [2.05, 4.69) is 82.0 Å². The summed E-state index contributed by atoms with van der Waals surface area (Å²) in [5, 5.41) is 1.15. The second kappa shape index (κ2) is 17.4. The first-order valence-electron chi connectivity index (χ1n) is 12.6. The number of hydrogen-bond acceptors (Lipinski definition) is 3. The van der Waals surface area contributed by atoms with Gasteiger partial charge in [-0.15, -0.1) is 12.6 Å². The van der Waals surface area contributed by atoms with Gasteiger partial charge < -0.3 is 5.73 Å². The first-order valence-corrected chi connectivity index (χ1v) is 13.1. The fourth-order valence-electron chi connectivity index (χ4n) is 3.30. The van der Waals surface area contributed by atoms with E-state index in [4.69, 9.17) is 10.7 Å². The number of hydrogen-bond donors (Lipinski definition) is 2. The highest BCUT2D eigenvalue weighted by Crippen LogP contribution is 2.32. The second-order valence-corrected chi connectivity index (χ2v) is 7.78. The minimum Gasteiger partial charge on any atom is -0.323 e. The lowest BCUT2D eigenvalue weighted by Gasteiger charge is -2.20. The number of allylic oxidation sites excluding steroid dienone is 1. The third-order valence-corrected chi connectivity index (χ3v) is 5.28. The molecule has 3 heteroatoms. The first-order chi connectivity index (χ1) is 16.0. The van der Waals surface area contributed by atoms with Crippen LogP contribution in [0.25, 0.3) is 22.2 Å². The number of aromatic nitrogens is 1. The summed E-state index contributed by atoms with van der Waals surface area (Å²) < 4.78 is 0. The Morgan fingerprint density at radius 2 is 1.55 bits per heavy atom. The Labute approximate surface area is 209 Å². The molecule has 0 radical (unpaired) electrons. The predicted octanol–water partition coefficient (Wildman–Crippen LogP) is 9.57. The van der Waals surface area contributed by atoms with E-state index in [1.807, 2.05) is 53.7 Å².